The third-order valence-corrected chi connectivity index (χ3v) is 7.12. The van der Waals surface area contributed by atoms with Gasteiger partial charge in [0, 0.05) is 4.88 Å². The Kier molecular flexibility index (Phi) is 6.72. The molecule has 9 heteroatoms. The molecular formula is C22H23N3O4S2. The zero-order valence-corrected chi connectivity index (χ0v) is 19.0. The van der Waals surface area contributed by atoms with Crippen molar-refractivity contribution in [1.29, 1.82) is 0 Å². The Morgan fingerprint density at radius 1 is 1.29 bits per heavy atom. The summed E-state index contributed by atoms with van der Waals surface area (Å²) >= 11 is 2.64. The lowest BCUT2D eigenvalue weighted by Gasteiger charge is -2.18. The van der Waals surface area contributed by atoms with Crippen LogP contribution in [-0.2, 0) is 28.8 Å². The van der Waals surface area contributed by atoms with Crippen LogP contribution in [0.2, 0.25) is 0 Å². The zero-order valence-electron chi connectivity index (χ0n) is 17.3. The van der Waals surface area contributed by atoms with E-state index in [9.17, 15) is 9.59 Å². The van der Waals surface area contributed by atoms with Crippen molar-refractivity contribution in [3.63, 3.8) is 0 Å². The van der Waals surface area contributed by atoms with Gasteiger partial charge in [0.2, 0.25) is 11.8 Å². The van der Waals surface area contributed by atoms with E-state index in [0.717, 1.165) is 35.3 Å². The van der Waals surface area contributed by atoms with Gasteiger partial charge in [-0.05, 0) is 36.3 Å². The number of fused-ring (bicyclic) bond motifs is 1. The smallest absolute Gasteiger partial charge is 0.341 e. The maximum Gasteiger partial charge on any atom is 0.341 e. The highest BCUT2D eigenvalue weighted by Gasteiger charge is 2.29. The number of carbonyl (C=O) groups is 2. The van der Waals surface area contributed by atoms with Gasteiger partial charge in [0.25, 0.3) is 5.22 Å². The highest BCUT2D eigenvalue weighted by molar-refractivity contribution is 7.99. The molecule has 1 N–H and O–H groups in total. The van der Waals surface area contributed by atoms with Gasteiger partial charge in [-0.25, -0.2) is 4.79 Å². The van der Waals surface area contributed by atoms with Crippen molar-refractivity contribution >= 4 is 40.0 Å². The number of nitrogens with one attached hydrogen (secondary N) is 1. The number of methoxy groups -OCH3 is 1. The second-order valence-corrected chi connectivity index (χ2v) is 9.54. The van der Waals surface area contributed by atoms with E-state index in [2.05, 4.69) is 22.4 Å². The van der Waals surface area contributed by atoms with Crippen LogP contribution >= 0.6 is 23.1 Å². The number of rotatable bonds is 7. The molecule has 0 spiro atoms. The van der Waals surface area contributed by atoms with Crippen molar-refractivity contribution in [3.8, 4) is 0 Å². The molecule has 3 aromatic rings. The molecule has 4 rings (SSSR count). The average Bonchev–Trinajstić information content (AvgIpc) is 3.36. The Hall–Kier alpha value is -2.65. The van der Waals surface area contributed by atoms with Gasteiger partial charge in [-0.1, -0.05) is 49.0 Å². The molecule has 7 nitrogen and oxygen atoms in total. The third kappa shape index (κ3) is 5.16. The Balaban J connectivity index is 1.39. The standard InChI is InChI=1S/C22H23N3O4S2/c1-13-8-9-15-16(10-13)31-20(19(15)21(27)28-2)23-17(26)12-30-22-25-24-18(29-22)11-14-6-4-3-5-7-14/h3-7,13H,8-12H2,1-2H3,(H,23,26). The molecule has 2 heterocycles. The van der Waals surface area contributed by atoms with Crippen molar-refractivity contribution in [2.24, 2.45) is 5.92 Å². The highest BCUT2D eigenvalue weighted by Crippen LogP contribution is 2.40. The SMILES string of the molecule is COC(=O)c1c(NC(=O)CSc2nnc(Cc3ccccc3)o2)sc2c1CCC(C)C2. The van der Waals surface area contributed by atoms with E-state index in [0.29, 0.717) is 34.0 Å². The van der Waals surface area contributed by atoms with Crippen LogP contribution < -0.4 is 5.32 Å². The number of nitrogens with zero attached hydrogens (tertiary/aromatic N) is 2. The lowest BCUT2D eigenvalue weighted by Crippen LogP contribution is -2.17. The summed E-state index contributed by atoms with van der Waals surface area (Å²) in [5, 5.41) is 11.8. The van der Waals surface area contributed by atoms with E-state index in [1.807, 2.05) is 30.3 Å². The zero-order chi connectivity index (χ0) is 21.8. The monoisotopic (exact) mass is 457 g/mol. The quantitative estimate of drug-likeness (QED) is 0.416. The number of carbonyl (C=O) groups excluding carboxylic acids is 2. The number of thioether (sulfide) groups is 1. The van der Waals surface area contributed by atoms with Crippen LogP contribution in [0.4, 0.5) is 5.00 Å². The van der Waals surface area contributed by atoms with E-state index < -0.39 is 5.97 Å². The predicted molar refractivity (Wildman–Crippen MR) is 120 cm³/mol. The maximum atomic E-state index is 12.6. The molecule has 0 aliphatic heterocycles. The summed E-state index contributed by atoms with van der Waals surface area (Å²) in [6.45, 7) is 2.20. The topological polar surface area (TPSA) is 94.3 Å². The van der Waals surface area contributed by atoms with Crippen molar-refractivity contribution < 1.29 is 18.7 Å². The molecule has 2 aromatic heterocycles. The second kappa shape index (κ2) is 9.65. The maximum absolute atomic E-state index is 12.6. The fraction of sp³-hybridized carbons (Fsp3) is 0.364. The molecule has 1 aromatic carbocycles. The molecule has 1 amide bonds. The first kappa shape index (κ1) is 21.6. The molecule has 1 unspecified atom stereocenters. The minimum absolute atomic E-state index is 0.104. The summed E-state index contributed by atoms with van der Waals surface area (Å²) < 4.78 is 10.6. The molecule has 162 valence electrons. The van der Waals surface area contributed by atoms with Crippen LogP contribution in [0.25, 0.3) is 0 Å². The highest BCUT2D eigenvalue weighted by atomic mass is 32.2. The van der Waals surface area contributed by atoms with Gasteiger partial charge in [0.1, 0.15) is 5.00 Å². The number of amides is 1. The van der Waals surface area contributed by atoms with Gasteiger partial charge in [-0.3, -0.25) is 4.79 Å². The molecule has 1 atom stereocenters. The van der Waals surface area contributed by atoms with Gasteiger partial charge < -0.3 is 14.5 Å². The van der Waals surface area contributed by atoms with E-state index in [1.165, 1.54) is 30.2 Å². The molecule has 0 fully saturated rings. The molecule has 0 saturated heterocycles. The first-order chi connectivity index (χ1) is 15.0. The second-order valence-electron chi connectivity index (χ2n) is 7.51. The van der Waals surface area contributed by atoms with Crippen LogP contribution in [0, 0.1) is 5.92 Å². The number of ether oxygens (including phenoxy) is 1. The Labute approximate surface area is 188 Å². The number of thiophene rings is 1. The Bertz CT molecular complexity index is 1080. The minimum Gasteiger partial charge on any atom is -0.465 e. The number of hydrogen-bond acceptors (Lipinski definition) is 8. The number of benzene rings is 1. The number of hydrogen-bond donors (Lipinski definition) is 1. The van der Waals surface area contributed by atoms with Gasteiger partial charge in [-0.15, -0.1) is 21.5 Å². The van der Waals surface area contributed by atoms with E-state index in [-0.39, 0.29) is 11.7 Å². The average molecular weight is 458 g/mol. The van der Waals surface area contributed by atoms with Crippen LogP contribution in [0.3, 0.4) is 0 Å². The van der Waals surface area contributed by atoms with Crippen molar-refractivity contribution in [1.82, 2.24) is 10.2 Å². The molecule has 31 heavy (non-hydrogen) atoms. The lowest BCUT2D eigenvalue weighted by molar-refractivity contribution is -0.113. The Morgan fingerprint density at radius 2 is 2.10 bits per heavy atom. The van der Waals surface area contributed by atoms with E-state index in [4.69, 9.17) is 9.15 Å². The fourth-order valence-electron chi connectivity index (χ4n) is 3.59. The largest absolute Gasteiger partial charge is 0.465 e. The fourth-order valence-corrected chi connectivity index (χ4v) is 5.58. The van der Waals surface area contributed by atoms with Crippen molar-refractivity contribution in [2.75, 3.05) is 18.2 Å². The van der Waals surface area contributed by atoms with Crippen LogP contribution in [0.1, 0.15) is 45.6 Å². The minimum atomic E-state index is -0.405. The molecule has 1 aliphatic carbocycles. The summed E-state index contributed by atoms with van der Waals surface area (Å²) in [6, 6.07) is 9.84. The van der Waals surface area contributed by atoms with Gasteiger partial charge >= 0.3 is 5.97 Å². The van der Waals surface area contributed by atoms with Gasteiger partial charge in [0.05, 0.1) is 24.8 Å². The summed E-state index contributed by atoms with van der Waals surface area (Å²) in [5.41, 5.74) is 2.59. The van der Waals surface area contributed by atoms with Crippen LogP contribution in [0.15, 0.2) is 40.0 Å². The normalized spacial score (nSPS) is 15.4. The van der Waals surface area contributed by atoms with E-state index >= 15 is 0 Å². The molecule has 0 saturated carbocycles. The number of aromatic nitrogens is 2. The third-order valence-electron chi connectivity index (χ3n) is 5.13. The van der Waals surface area contributed by atoms with Gasteiger partial charge in [0.15, 0.2) is 0 Å². The van der Waals surface area contributed by atoms with Crippen molar-refractivity contribution in [3.05, 3.63) is 57.8 Å². The predicted octanol–water partition coefficient (Wildman–Crippen LogP) is 4.36. The van der Waals surface area contributed by atoms with E-state index in [1.54, 1.807) is 0 Å². The molecular weight excluding hydrogens is 434 g/mol. The Morgan fingerprint density at radius 3 is 2.87 bits per heavy atom. The summed E-state index contributed by atoms with van der Waals surface area (Å²) in [5.74, 6) is 0.537. The molecule has 0 bridgehead atoms. The summed E-state index contributed by atoms with van der Waals surface area (Å²) in [4.78, 5) is 26.1. The van der Waals surface area contributed by atoms with Crippen LogP contribution in [0.5, 0.6) is 0 Å². The first-order valence-corrected chi connectivity index (χ1v) is 11.9. The summed E-state index contributed by atoms with van der Waals surface area (Å²) in [6.07, 6.45) is 3.32. The number of esters is 1. The lowest BCUT2D eigenvalue weighted by atomic mass is 9.88. The molecule has 0 radical (unpaired) electrons. The molecule has 1 aliphatic rings. The van der Waals surface area contributed by atoms with Crippen molar-refractivity contribution in [2.45, 2.75) is 37.8 Å². The first-order valence-electron chi connectivity index (χ1n) is 10.0. The number of anilines is 1. The van der Waals surface area contributed by atoms with Crippen LogP contribution in [-0.4, -0.2) is 34.9 Å². The summed E-state index contributed by atoms with van der Waals surface area (Å²) in [7, 11) is 1.36. The van der Waals surface area contributed by atoms with Gasteiger partial charge in [-0.2, -0.15) is 0 Å².